The summed E-state index contributed by atoms with van der Waals surface area (Å²) in [6, 6.07) is 6.44. The van der Waals surface area contributed by atoms with Crippen molar-refractivity contribution in [2.75, 3.05) is 20.3 Å². The van der Waals surface area contributed by atoms with Crippen LogP contribution < -0.4 is 10.4 Å². The predicted molar refractivity (Wildman–Crippen MR) is 131 cm³/mol. The maximum absolute atomic E-state index is 14.7. The lowest BCUT2D eigenvalue weighted by Gasteiger charge is -2.15. The van der Waals surface area contributed by atoms with Crippen molar-refractivity contribution in [3.63, 3.8) is 0 Å². The smallest absolute Gasteiger partial charge is 0.340 e. The van der Waals surface area contributed by atoms with E-state index in [1.807, 2.05) is 6.92 Å². The molecule has 1 aromatic carbocycles. The Morgan fingerprint density at radius 2 is 1.97 bits per heavy atom. The van der Waals surface area contributed by atoms with Gasteiger partial charge in [-0.1, -0.05) is 26.2 Å². The van der Waals surface area contributed by atoms with E-state index >= 15 is 0 Å². The van der Waals surface area contributed by atoms with E-state index in [1.165, 1.54) is 28.4 Å². The summed E-state index contributed by atoms with van der Waals surface area (Å²) in [5, 5.41) is 0. The van der Waals surface area contributed by atoms with Crippen LogP contribution in [0.25, 0.3) is 16.9 Å². The molecule has 0 aliphatic rings. The third kappa shape index (κ3) is 5.63. The first kappa shape index (κ1) is 25.4. The number of rotatable bonds is 10. The van der Waals surface area contributed by atoms with Gasteiger partial charge in [0.05, 0.1) is 18.4 Å². The lowest BCUT2D eigenvalue weighted by molar-refractivity contribution is 0.0595. The number of hydrogen-bond donors (Lipinski definition) is 0. The molecule has 0 aliphatic carbocycles. The van der Waals surface area contributed by atoms with E-state index in [9.17, 15) is 14.0 Å². The van der Waals surface area contributed by atoms with E-state index in [-0.39, 0.29) is 24.6 Å². The van der Waals surface area contributed by atoms with E-state index in [1.54, 1.807) is 12.3 Å². The zero-order chi connectivity index (χ0) is 25.0. The summed E-state index contributed by atoms with van der Waals surface area (Å²) < 4.78 is 33.7. The fraction of sp³-hybridized carbons (Fsp3) is 0.375. The minimum atomic E-state index is -1.31. The van der Waals surface area contributed by atoms with Crippen LogP contribution >= 0.6 is 0 Å². The quantitative estimate of drug-likeness (QED) is 0.183. The summed E-state index contributed by atoms with van der Waals surface area (Å²) in [6.07, 6.45) is 1.54. The molecule has 2 heterocycles. The zero-order valence-corrected chi connectivity index (χ0v) is 21.2. The summed E-state index contributed by atoms with van der Waals surface area (Å²) >= 11 is 0. The van der Waals surface area contributed by atoms with Crippen molar-refractivity contribution in [1.29, 1.82) is 0 Å². The summed E-state index contributed by atoms with van der Waals surface area (Å²) in [4.78, 5) is 29.7. The van der Waals surface area contributed by atoms with Gasteiger partial charge in [0.25, 0.3) is 0 Å². The normalized spacial score (nSPS) is 11.6. The van der Waals surface area contributed by atoms with Gasteiger partial charge in [0.2, 0.25) is 0 Å². The molecule has 34 heavy (non-hydrogen) atoms. The van der Waals surface area contributed by atoms with Crippen molar-refractivity contribution in [2.45, 2.75) is 39.3 Å². The highest BCUT2D eigenvalue weighted by atomic mass is 28.3. The number of benzene rings is 1. The third-order valence-electron chi connectivity index (χ3n) is 5.08. The van der Waals surface area contributed by atoms with Crippen molar-refractivity contribution >= 4 is 25.2 Å². The Labute approximate surface area is 198 Å². The van der Waals surface area contributed by atoms with Crippen LogP contribution in [-0.2, 0) is 16.2 Å². The summed E-state index contributed by atoms with van der Waals surface area (Å²) in [7, 11) is -0.132. The van der Waals surface area contributed by atoms with Crippen molar-refractivity contribution in [1.82, 2.24) is 14.1 Å². The average Bonchev–Trinajstić information content (AvgIpc) is 3.05. The number of pyridine rings is 1. The second kappa shape index (κ2) is 10.4. The molecule has 2 aromatic heterocycles. The molecular formula is C24H30FN3O5Si. The summed E-state index contributed by atoms with van der Waals surface area (Å²) in [5.74, 6) is -1.22. The summed E-state index contributed by atoms with van der Waals surface area (Å²) in [6.45, 7) is 13.1. The molecule has 0 saturated heterocycles. The maximum Gasteiger partial charge on any atom is 0.340 e. The molecule has 0 atom stereocenters. The first-order valence-electron chi connectivity index (χ1n) is 10.9. The number of aromatic nitrogens is 3. The van der Waals surface area contributed by atoms with Crippen LogP contribution in [0, 0.1) is 5.82 Å². The Morgan fingerprint density at radius 1 is 1.24 bits per heavy atom. The number of imidazole rings is 1. The van der Waals surface area contributed by atoms with Gasteiger partial charge in [-0.25, -0.2) is 19.0 Å². The molecule has 10 heteroatoms. The van der Waals surface area contributed by atoms with Crippen LogP contribution in [0.1, 0.15) is 17.3 Å². The predicted octanol–water partition coefficient (Wildman–Crippen LogP) is 4.38. The molecule has 182 valence electrons. The second-order valence-corrected chi connectivity index (χ2v) is 14.9. The van der Waals surface area contributed by atoms with Crippen LogP contribution in [0.2, 0.25) is 25.7 Å². The number of nitrogens with zero attached hydrogens (tertiary/aromatic N) is 3. The Balaban J connectivity index is 2.13. The minimum absolute atomic E-state index is 0.00746. The number of hydrogen-bond acceptors (Lipinski definition) is 6. The monoisotopic (exact) mass is 487 g/mol. The van der Waals surface area contributed by atoms with Gasteiger partial charge in [-0.15, -0.1) is 0 Å². The lowest BCUT2D eigenvalue weighted by atomic mass is 10.2. The fourth-order valence-corrected chi connectivity index (χ4v) is 4.02. The van der Waals surface area contributed by atoms with Gasteiger partial charge in [-0.2, -0.15) is 0 Å². The molecule has 0 unspecified atom stereocenters. The van der Waals surface area contributed by atoms with Gasteiger partial charge in [0.15, 0.2) is 5.65 Å². The standard InChI is InChI=1S/C24H30FN3O5Si/c1-16(2)14-33-20-9-10-26-22-21(20)28(17-7-8-18(19(25)13-17)23(29)31-3)24(30)27(22)15-32-11-12-34(4,5)6/h7-10,13H,1,11-12,14-15H2,2-6H3. The van der Waals surface area contributed by atoms with Gasteiger partial charge in [-0.3, -0.25) is 9.13 Å². The molecule has 0 spiro atoms. The van der Waals surface area contributed by atoms with Crippen molar-refractivity contribution in [3.8, 4) is 11.4 Å². The van der Waals surface area contributed by atoms with Crippen LogP contribution in [0.4, 0.5) is 4.39 Å². The zero-order valence-electron chi connectivity index (χ0n) is 20.2. The SMILES string of the molecule is C=C(C)COc1ccnc2c1n(-c1ccc(C(=O)OC)c(F)c1)c(=O)n2COCC[Si](C)(C)C. The van der Waals surface area contributed by atoms with Gasteiger partial charge in [0.1, 0.15) is 30.4 Å². The largest absolute Gasteiger partial charge is 0.487 e. The number of esters is 1. The van der Waals surface area contributed by atoms with Gasteiger partial charge in [0, 0.05) is 26.9 Å². The van der Waals surface area contributed by atoms with Crippen LogP contribution in [0.15, 0.2) is 47.4 Å². The Hall–Kier alpha value is -3.24. The molecule has 3 rings (SSSR count). The Bertz CT molecular complexity index is 1280. The molecule has 0 amide bonds. The van der Waals surface area contributed by atoms with Crippen molar-refractivity contribution in [2.24, 2.45) is 0 Å². The minimum Gasteiger partial charge on any atom is -0.487 e. The first-order valence-corrected chi connectivity index (χ1v) is 14.6. The highest BCUT2D eigenvalue weighted by molar-refractivity contribution is 6.76. The maximum atomic E-state index is 14.7. The average molecular weight is 488 g/mol. The van der Waals surface area contributed by atoms with E-state index < -0.39 is 25.6 Å². The molecule has 0 fully saturated rings. The van der Waals surface area contributed by atoms with Crippen LogP contribution in [0.5, 0.6) is 5.75 Å². The number of carbonyl (C=O) groups is 1. The number of methoxy groups -OCH3 is 1. The molecule has 8 nitrogen and oxygen atoms in total. The van der Waals surface area contributed by atoms with E-state index in [0.717, 1.165) is 17.7 Å². The third-order valence-corrected chi connectivity index (χ3v) is 6.78. The number of halogens is 1. The van der Waals surface area contributed by atoms with Crippen molar-refractivity contribution in [3.05, 3.63) is 64.5 Å². The Kier molecular flexibility index (Phi) is 7.73. The highest BCUT2D eigenvalue weighted by Crippen LogP contribution is 2.27. The molecule has 0 saturated carbocycles. The number of fused-ring (bicyclic) bond motifs is 1. The number of carbonyl (C=O) groups excluding carboxylic acids is 1. The molecule has 0 N–H and O–H groups in total. The molecule has 3 aromatic rings. The molecule has 0 aliphatic heterocycles. The van der Waals surface area contributed by atoms with Gasteiger partial charge < -0.3 is 14.2 Å². The van der Waals surface area contributed by atoms with Crippen LogP contribution in [0.3, 0.4) is 0 Å². The second-order valence-electron chi connectivity index (χ2n) is 9.28. The van der Waals surface area contributed by atoms with E-state index in [0.29, 0.717) is 23.5 Å². The molecular weight excluding hydrogens is 457 g/mol. The molecule has 0 bridgehead atoms. The van der Waals surface area contributed by atoms with Crippen molar-refractivity contribution < 1.29 is 23.4 Å². The van der Waals surface area contributed by atoms with E-state index in [4.69, 9.17) is 9.47 Å². The molecule has 0 radical (unpaired) electrons. The lowest BCUT2D eigenvalue weighted by Crippen LogP contribution is -2.26. The fourth-order valence-electron chi connectivity index (χ4n) is 3.27. The Morgan fingerprint density at radius 3 is 2.59 bits per heavy atom. The summed E-state index contributed by atoms with van der Waals surface area (Å²) in [5.41, 5.74) is 1.03. The van der Waals surface area contributed by atoms with Gasteiger partial charge in [-0.05, 0) is 36.7 Å². The topological polar surface area (TPSA) is 84.6 Å². The van der Waals surface area contributed by atoms with Gasteiger partial charge >= 0.3 is 11.7 Å². The first-order chi connectivity index (χ1) is 16.0. The highest BCUT2D eigenvalue weighted by Gasteiger charge is 2.22. The number of ether oxygens (including phenoxy) is 3. The van der Waals surface area contributed by atoms with E-state index in [2.05, 4.69) is 35.9 Å². The van der Waals surface area contributed by atoms with Crippen LogP contribution in [-0.4, -0.2) is 48.5 Å².